The fourth-order valence-corrected chi connectivity index (χ4v) is 3.99. The number of nitrogens with zero attached hydrogens (tertiary/aromatic N) is 3. The average Bonchev–Trinajstić information content (AvgIpc) is 3.08. The second-order valence-corrected chi connectivity index (χ2v) is 7.18. The molecule has 8 nitrogen and oxygen atoms in total. The smallest absolute Gasteiger partial charge is 0.338 e. The summed E-state index contributed by atoms with van der Waals surface area (Å²) in [6.45, 7) is 4.58. The quantitative estimate of drug-likeness (QED) is 0.257. The molecule has 0 bridgehead atoms. The van der Waals surface area contributed by atoms with E-state index in [9.17, 15) is 19.7 Å². The first-order valence-corrected chi connectivity index (χ1v) is 10.1. The molecule has 154 valence electrons. The number of esters is 1. The fraction of sp³-hybridized carbons (Fsp3) is 0.190. The number of ether oxygens (including phenoxy) is 1. The lowest BCUT2D eigenvalue weighted by Crippen LogP contribution is -2.15. The molecule has 2 aromatic carbocycles. The Kier molecular flexibility index (Phi) is 6.53. The lowest BCUT2D eigenvalue weighted by molar-refractivity contribution is -0.384. The van der Waals surface area contributed by atoms with E-state index in [-0.39, 0.29) is 5.69 Å². The first-order chi connectivity index (χ1) is 14.4. The Morgan fingerprint density at radius 1 is 1.23 bits per heavy atom. The van der Waals surface area contributed by atoms with Crippen molar-refractivity contribution in [1.82, 2.24) is 4.57 Å². The molecule has 0 aliphatic rings. The zero-order chi connectivity index (χ0) is 21.7. The number of amides is 1. The van der Waals surface area contributed by atoms with Gasteiger partial charge in [0.25, 0.3) is 11.6 Å². The van der Waals surface area contributed by atoms with Crippen LogP contribution in [-0.2, 0) is 16.1 Å². The molecule has 0 aliphatic carbocycles. The SMILES string of the molecule is CCOC(=O)c1ccc2c(c1)sc(=NC(=O)/C=C/c1cccc([N+](=O)[O-])c1)n2CC. The number of aryl methyl sites for hydroxylation is 1. The first-order valence-electron chi connectivity index (χ1n) is 9.24. The maximum absolute atomic E-state index is 12.3. The summed E-state index contributed by atoms with van der Waals surface area (Å²) in [5, 5.41) is 10.9. The minimum Gasteiger partial charge on any atom is -0.462 e. The molecule has 0 unspecified atom stereocenters. The number of non-ortho nitro benzene ring substituents is 1. The summed E-state index contributed by atoms with van der Waals surface area (Å²) in [4.78, 5) is 39.3. The van der Waals surface area contributed by atoms with Gasteiger partial charge in [0, 0.05) is 24.8 Å². The highest BCUT2D eigenvalue weighted by Gasteiger charge is 2.11. The second-order valence-electron chi connectivity index (χ2n) is 6.17. The van der Waals surface area contributed by atoms with Gasteiger partial charge in [-0.25, -0.2) is 4.79 Å². The van der Waals surface area contributed by atoms with E-state index in [1.807, 2.05) is 17.6 Å². The molecule has 0 fully saturated rings. The molecule has 0 atom stereocenters. The van der Waals surface area contributed by atoms with Gasteiger partial charge in [0.2, 0.25) is 0 Å². The van der Waals surface area contributed by atoms with Crippen molar-refractivity contribution in [3.63, 3.8) is 0 Å². The van der Waals surface area contributed by atoms with E-state index >= 15 is 0 Å². The van der Waals surface area contributed by atoms with Gasteiger partial charge in [-0.05, 0) is 43.7 Å². The highest BCUT2D eigenvalue weighted by molar-refractivity contribution is 7.16. The van der Waals surface area contributed by atoms with Gasteiger partial charge in [-0.3, -0.25) is 14.9 Å². The van der Waals surface area contributed by atoms with Crippen LogP contribution in [0, 0.1) is 10.1 Å². The van der Waals surface area contributed by atoms with Gasteiger partial charge in [-0.15, -0.1) is 0 Å². The predicted octanol–water partition coefficient (Wildman–Crippen LogP) is 3.95. The highest BCUT2D eigenvalue weighted by atomic mass is 32.1. The van der Waals surface area contributed by atoms with Crippen molar-refractivity contribution in [3.05, 3.63) is 74.6 Å². The number of thiazole rings is 1. The average molecular weight is 425 g/mol. The van der Waals surface area contributed by atoms with Crippen LogP contribution in [0.25, 0.3) is 16.3 Å². The lowest BCUT2D eigenvalue weighted by atomic mass is 10.2. The van der Waals surface area contributed by atoms with E-state index < -0.39 is 16.8 Å². The van der Waals surface area contributed by atoms with Gasteiger partial charge >= 0.3 is 5.97 Å². The van der Waals surface area contributed by atoms with Crippen LogP contribution in [-0.4, -0.2) is 28.0 Å². The number of benzene rings is 2. The van der Waals surface area contributed by atoms with E-state index in [2.05, 4.69) is 4.99 Å². The molecule has 0 N–H and O–H groups in total. The summed E-state index contributed by atoms with van der Waals surface area (Å²) in [6.07, 6.45) is 2.76. The fourth-order valence-electron chi connectivity index (χ4n) is 2.85. The molecule has 1 aromatic heterocycles. The zero-order valence-electron chi connectivity index (χ0n) is 16.4. The maximum Gasteiger partial charge on any atom is 0.338 e. The summed E-state index contributed by atoms with van der Waals surface area (Å²) < 4.78 is 7.73. The summed E-state index contributed by atoms with van der Waals surface area (Å²) >= 11 is 1.30. The van der Waals surface area contributed by atoms with Gasteiger partial charge in [0.15, 0.2) is 4.80 Å². The molecule has 1 heterocycles. The third-order valence-electron chi connectivity index (χ3n) is 4.22. The number of hydrogen-bond acceptors (Lipinski definition) is 6. The Bertz CT molecular complexity index is 1220. The first kappa shape index (κ1) is 21.1. The molecule has 30 heavy (non-hydrogen) atoms. The molecule has 0 saturated heterocycles. The van der Waals surface area contributed by atoms with Crippen LogP contribution in [0.2, 0.25) is 0 Å². The standard InChI is InChI=1S/C21H19N3O5S/c1-3-23-17-10-9-15(20(26)29-4-2)13-18(17)30-21(23)22-19(25)11-8-14-6-5-7-16(12-14)24(27)28/h5-13H,3-4H2,1-2H3/b11-8+,22-21?. The Morgan fingerprint density at radius 2 is 2.03 bits per heavy atom. The molecular weight excluding hydrogens is 406 g/mol. The molecule has 0 spiro atoms. The van der Waals surface area contributed by atoms with Crippen molar-refractivity contribution in [2.24, 2.45) is 4.99 Å². The Morgan fingerprint density at radius 3 is 2.73 bits per heavy atom. The summed E-state index contributed by atoms with van der Waals surface area (Å²) in [5.74, 6) is -0.883. The van der Waals surface area contributed by atoms with Crippen LogP contribution in [0.3, 0.4) is 0 Å². The van der Waals surface area contributed by atoms with Crippen LogP contribution in [0.15, 0.2) is 53.5 Å². The number of nitro benzene ring substituents is 1. The molecule has 0 aliphatic heterocycles. The molecular formula is C21H19N3O5S. The van der Waals surface area contributed by atoms with Crippen LogP contribution in [0.4, 0.5) is 5.69 Å². The van der Waals surface area contributed by atoms with Crippen LogP contribution < -0.4 is 4.80 Å². The zero-order valence-corrected chi connectivity index (χ0v) is 17.2. The number of carbonyl (C=O) groups is 2. The van der Waals surface area contributed by atoms with Gasteiger partial charge in [0.05, 0.1) is 27.3 Å². The van der Waals surface area contributed by atoms with E-state index in [0.29, 0.717) is 29.1 Å². The van der Waals surface area contributed by atoms with Crippen molar-refractivity contribution >= 4 is 45.2 Å². The number of rotatable bonds is 6. The molecule has 0 saturated carbocycles. The van der Waals surface area contributed by atoms with Crippen molar-refractivity contribution in [2.75, 3.05) is 6.61 Å². The third kappa shape index (κ3) is 4.69. The van der Waals surface area contributed by atoms with Crippen LogP contribution in [0.5, 0.6) is 0 Å². The van der Waals surface area contributed by atoms with E-state index in [0.717, 1.165) is 10.2 Å². The van der Waals surface area contributed by atoms with Gasteiger partial charge in [-0.1, -0.05) is 23.5 Å². The molecule has 0 radical (unpaired) electrons. The second kappa shape index (κ2) is 9.27. The van der Waals surface area contributed by atoms with Crippen molar-refractivity contribution in [1.29, 1.82) is 0 Å². The van der Waals surface area contributed by atoms with Crippen LogP contribution in [0.1, 0.15) is 29.8 Å². The maximum atomic E-state index is 12.3. The topological polar surface area (TPSA) is 104 Å². The van der Waals surface area contributed by atoms with E-state index in [4.69, 9.17) is 4.74 Å². The number of fused-ring (bicyclic) bond motifs is 1. The third-order valence-corrected chi connectivity index (χ3v) is 5.26. The van der Waals surface area contributed by atoms with Crippen molar-refractivity contribution in [2.45, 2.75) is 20.4 Å². The Balaban J connectivity index is 1.92. The van der Waals surface area contributed by atoms with Crippen molar-refractivity contribution < 1.29 is 19.2 Å². The molecule has 1 amide bonds. The number of aromatic nitrogens is 1. The number of nitro groups is 1. The van der Waals surface area contributed by atoms with Crippen molar-refractivity contribution in [3.8, 4) is 0 Å². The predicted molar refractivity (Wildman–Crippen MR) is 114 cm³/mol. The van der Waals surface area contributed by atoms with E-state index in [1.165, 1.54) is 35.6 Å². The molecule has 9 heteroatoms. The highest BCUT2D eigenvalue weighted by Crippen LogP contribution is 2.20. The normalized spacial score (nSPS) is 11.9. The van der Waals surface area contributed by atoms with Crippen LogP contribution >= 0.6 is 11.3 Å². The minimum absolute atomic E-state index is 0.0488. The molecule has 3 aromatic rings. The van der Waals surface area contributed by atoms with E-state index in [1.54, 1.807) is 31.2 Å². The minimum atomic E-state index is -0.491. The number of carbonyl (C=O) groups excluding carboxylic acids is 2. The summed E-state index contributed by atoms with van der Waals surface area (Å²) in [6, 6.07) is 11.2. The monoisotopic (exact) mass is 425 g/mol. The molecule has 3 rings (SSSR count). The largest absolute Gasteiger partial charge is 0.462 e. The van der Waals surface area contributed by atoms with Gasteiger partial charge in [0.1, 0.15) is 0 Å². The Labute approximate surface area is 175 Å². The summed E-state index contributed by atoms with van der Waals surface area (Å²) in [5.41, 5.74) is 1.79. The Hall–Kier alpha value is -3.59. The summed E-state index contributed by atoms with van der Waals surface area (Å²) in [7, 11) is 0. The lowest BCUT2D eigenvalue weighted by Gasteiger charge is -2.03. The number of hydrogen-bond donors (Lipinski definition) is 0. The van der Waals surface area contributed by atoms with Gasteiger partial charge < -0.3 is 9.30 Å². The van der Waals surface area contributed by atoms with Gasteiger partial charge in [-0.2, -0.15) is 4.99 Å².